The van der Waals surface area contributed by atoms with Crippen molar-refractivity contribution in [1.82, 2.24) is 15.5 Å². The van der Waals surface area contributed by atoms with Crippen molar-refractivity contribution in [2.75, 3.05) is 20.6 Å². The van der Waals surface area contributed by atoms with Crippen molar-refractivity contribution in [2.45, 2.75) is 25.4 Å². The van der Waals surface area contributed by atoms with E-state index in [4.69, 9.17) is 4.42 Å². The summed E-state index contributed by atoms with van der Waals surface area (Å²) in [4.78, 5) is 15.4. The van der Waals surface area contributed by atoms with Crippen LogP contribution in [0.3, 0.4) is 0 Å². The fraction of sp³-hybridized carbons (Fsp3) is 0.438. The molecule has 0 aliphatic carbocycles. The van der Waals surface area contributed by atoms with E-state index in [2.05, 4.69) is 27.0 Å². The molecule has 2 amide bonds. The van der Waals surface area contributed by atoms with Crippen molar-refractivity contribution >= 4 is 17.4 Å². The zero-order valence-electron chi connectivity index (χ0n) is 13.2. The Bertz CT molecular complexity index is 552. The first-order valence-corrected chi connectivity index (χ1v) is 8.21. The lowest BCUT2D eigenvalue weighted by Crippen LogP contribution is -2.44. The van der Waals surface area contributed by atoms with Gasteiger partial charge in [0.05, 0.1) is 12.3 Å². The van der Waals surface area contributed by atoms with E-state index in [1.807, 2.05) is 39.2 Å². The lowest BCUT2D eigenvalue weighted by molar-refractivity contribution is 0.230. The monoisotopic (exact) mass is 321 g/mol. The smallest absolute Gasteiger partial charge is 0.315 e. The molecule has 0 aliphatic rings. The number of carbonyl (C=O) groups excluding carboxylic acids is 1. The molecule has 120 valence electrons. The molecule has 0 saturated heterocycles. The van der Waals surface area contributed by atoms with Crippen LogP contribution in [0.25, 0.3) is 0 Å². The summed E-state index contributed by atoms with van der Waals surface area (Å²) in [5, 5.41) is 7.93. The molecule has 2 N–H and O–H groups in total. The van der Waals surface area contributed by atoms with Gasteiger partial charge in [-0.3, -0.25) is 0 Å². The Morgan fingerprint density at radius 1 is 1.36 bits per heavy atom. The molecule has 0 aromatic carbocycles. The Kier molecular flexibility index (Phi) is 6.03. The molecule has 0 fully saturated rings. The van der Waals surface area contributed by atoms with Crippen molar-refractivity contribution < 1.29 is 9.21 Å². The molecule has 2 aromatic rings. The predicted octanol–water partition coefficient (Wildman–Crippen LogP) is 2.87. The van der Waals surface area contributed by atoms with E-state index >= 15 is 0 Å². The summed E-state index contributed by atoms with van der Waals surface area (Å²) in [6.07, 6.45) is 2.33. The molecule has 0 aliphatic heterocycles. The van der Waals surface area contributed by atoms with Gasteiger partial charge in [0.15, 0.2) is 0 Å². The molecule has 0 unspecified atom stereocenters. The standard InChI is InChI=1S/C16H23N3O2S/c1-12(10-13-6-4-8-21-13)18-16(20)17-11-14(19(2)3)15-7-5-9-22-15/h4-9,12,14H,10-11H2,1-3H3,(H2,17,18,20)/t12-,14+/m1/s1. The quantitative estimate of drug-likeness (QED) is 0.824. The van der Waals surface area contributed by atoms with Gasteiger partial charge in [0, 0.05) is 23.9 Å². The number of thiophene rings is 1. The van der Waals surface area contributed by atoms with Crippen LogP contribution in [0.15, 0.2) is 40.3 Å². The molecule has 0 saturated carbocycles. The summed E-state index contributed by atoms with van der Waals surface area (Å²) >= 11 is 1.70. The Morgan fingerprint density at radius 2 is 2.18 bits per heavy atom. The van der Waals surface area contributed by atoms with Gasteiger partial charge in [-0.2, -0.15) is 0 Å². The molecule has 0 radical (unpaired) electrons. The highest BCUT2D eigenvalue weighted by molar-refractivity contribution is 7.10. The van der Waals surface area contributed by atoms with Crippen LogP contribution in [-0.4, -0.2) is 37.6 Å². The minimum absolute atomic E-state index is 0.0192. The summed E-state index contributed by atoms with van der Waals surface area (Å²) < 4.78 is 5.29. The van der Waals surface area contributed by atoms with Gasteiger partial charge in [0.25, 0.3) is 0 Å². The van der Waals surface area contributed by atoms with Crippen molar-refractivity contribution in [1.29, 1.82) is 0 Å². The van der Waals surface area contributed by atoms with E-state index in [0.717, 1.165) is 5.76 Å². The van der Waals surface area contributed by atoms with Crippen LogP contribution < -0.4 is 10.6 Å². The van der Waals surface area contributed by atoms with Crippen molar-refractivity contribution in [2.24, 2.45) is 0 Å². The largest absolute Gasteiger partial charge is 0.469 e. The molecular formula is C16H23N3O2S. The lowest BCUT2D eigenvalue weighted by atomic mass is 10.2. The van der Waals surface area contributed by atoms with Crippen LogP contribution in [0.4, 0.5) is 4.79 Å². The predicted molar refractivity (Wildman–Crippen MR) is 89.2 cm³/mol. The van der Waals surface area contributed by atoms with Gasteiger partial charge < -0.3 is 20.0 Å². The van der Waals surface area contributed by atoms with Crippen molar-refractivity contribution in [3.05, 3.63) is 46.5 Å². The number of carbonyl (C=O) groups is 1. The van der Waals surface area contributed by atoms with Gasteiger partial charge in [-0.25, -0.2) is 4.79 Å². The number of furan rings is 1. The third-order valence-corrected chi connectivity index (χ3v) is 4.39. The molecule has 0 spiro atoms. The summed E-state index contributed by atoms with van der Waals surface area (Å²) in [5.74, 6) is 0.873. The summed E-state index contributed by atoms with van der Waals surface area (Å²) in [6.45, 7) is 2.54. The van der Waals surface area contributed by atoms with Crippen LogP contribution in [0, 0.1) is 0 Å². The van der Waals surface area contributed by atoms with Gasteiger partial charge in [0.1, 0.15) is 5.76 Å². The Morgan fingerprint density at radius 3 is 2.77 bits per heavy atom. The van der Waals surface area contributed by atoms with Crippen LogP contribution in [0.2, 0.25) is 0 Å². The van der Waals surface area contributed by atoms with Crippen molar-refractivity contribution in [3.63, 3.8) is 0 Å². The third-order valence-electron chi connectivity index (χ3n) is 3.42. The highest BCUT2D eigenvalue weighted by Crippen LogP contribution is 2.22. The minimum Gasteiger partial charge on any atom is -0.469 e. The number of nitrogens with zero attached hydrogens (tertiary/aromatic N) is 1. The number of urea groups is 1. The third kappa shape index (κ3) is 4.89. The van der Waals surface area contributed by atoms with E-state index in [9.17, 15) is 4.79 Å². The number of likely N-dealkylation sites (N-methyl/N-ethyl adjacent to an activating group) is 1. The van der Waals surface area contributed by atoms with E-state index < -0.39 is 0 Å². The SMILES string of the molecule is C[C@H](Cc1ccco1)NC(=O)NC[C@@H](c1cccs1)N(C)C. The lowest BCUT2D eigenvalue weighted by Gasteiger charge is -2.24. The molecule has 2 aromatic heterocycles. The second kappa shape index (κ2) is 8.00. The Labute approximate surface area is 135 Å². The number of hydrogen-bond acceptors (Lipinski definition) is 4. The van der Waals surface area contributed by atoms with E-state index in [1.165, 1.54) is 4.88 Å². The van der Waals surface area contributed by atoms with Gasteiger partial charge >= 0.3 is 6.03 Å². The summed E-state index contributed by atoms with van der Waals surface area (Å²) in [7, 11) is 4.03. The maximum Gasteiger partial charge on any atom is 0.315 e. The van der Waals surface area contributed by atoms with Gasteiger partial charge in [-0.05, 0) is 44.6 Å². The second-order valence-corrected chi connectivity index (χ2v) is 6.51. The average molecular weight is 321 g/mol. The number of rotatable bonds is 7. The van der Waals surface area contributed by atoms with E-state index in [1.54, 1.807) is 17.6 Å². The highest BCUT2D eigenvalue weighted by atomic mass is 32.1. The average Bonchev–Trinajstić information content (AvgIpc) is 3.11. The number of hydrogen-bond donors (Lipinski definition) is 2. The zero-order chi connectivity index (χ0) is 15.9. The molecule has 2 heterocycles. The van der Waals surface area contributed by atoms with Gasteiger partial charge in [0.2, 0.25) is 0 Å². The number of nitrogens with one attached hydrogen (secondary N) is 2. The van der Waals surface area contributed by atoms with Crippen LogP contribution in [0.5, 0.6) is 0 Å². The first-order valence-electron chi connectivity index (χ1n) is 7.33. The summed E-state index contributed by atoms with van der Waals surface area (Å²) in [6, 6.07) is 7.94. The molecule has 2 rings (SSSR count). The molecule has 2 atom stereocenters. The molecule has 0 bridgehead atoms. The first-order chi connectivity index (χ1) is 10.6. The number of amides is 2. The molecule has 22 heavy (non-hydrogen) atoms. The maximum absolute atomic E-state index is 12.0. The Balaban J connectivity index is 1.78. The van der Waals surface area contributed by atoms with Crippen LogP contribution in [-0.2, 0) is 6.42 Å². The zero-order valence-corrected chi connectivity index (χ0v) is 14.0. The van der Waals surface area contributed by atoms with E-state index in [-0.39, 0.29) is 18.1 Å². The second-order valence-electron chi connectivity index (χ2n) is 5.53. The topological polar surface area (TPSA) is 57.5 Å². The normalized spacial score (nSPS) is 13.8. The highest BCUT2D eigenvalue weighted by Gasteiger charge is 2.17. The molecular weight excluding hydrogens is 298 g/mol. The fourth-order valence-electron chi connectivity index (χ4n) is 2.26. The minimum atomic E-state index is -0.150. The summed E-state index contributed by atoms with van der Waals surface area (Å²) in [5.41, 5.74) is 0. The maximum atomic E-state index is 12.0. The fourth-order valence-corrected chi connectivity index (χ4v) is 3.19. The molecule has 6 heteroatoms. The van der Waals surface area contributed by atoms with E-state index in [0.29, 0.717) is 13.0 Å². The van der Waals surface area contributed by atoms with Gasteiger partial charge in [-0.15, -0.1) is 11.3 Å². The van der Waals surface area contributed by atoms with Crippen molar-refractivity contribution in [3.8, 4) is 0 Å². The van der Waals surface area contributed by atoms with Crippen LogP contribution >= 0.6 is 11.3 Å². The first kappa shape index (κ1) is 16.6. The Hall–Kier alpha value is -1.79. The van der Waals surface area contributed by atoms with Crippen LogP contribution in [0.1, 0.15) is 23.6 Å². The molecule has 5 nitrogen and oxygen atoms in total. The van der Waals surface area contributed by atoms with Gasteiger partial charge in [-0.1, -0.05) is 6.07 Å².